The highest BCUT2D eigenvalue weighted by Gasteiger charge is 2.56. The monoisotopic (exact) mass is 226 g/mol. The summed E-state index contributed by atoms with van der Waals surface area (Å²) in [6, 6.07) is 0. The molecule has 0 aromatic carbocycles. The molecule has 92 valence electrons. The molecule has 0 amide bonds. The summed E-state index contributed by atoms with van der Waals surface area (Å²) in [7, 11) is 0. The Morgan fingerprint density at radius 3 is 2.38 bits per heavy atom. The molecule has 2 aliphatic heterocycles. The molecule has 1 saturated carbocycles. The minimum atomic E-state index is -0.187. The molecule has 16 heavy (non-hydrogen) atoms. The summed E-state index contributed by atoms with van der Waals surface area (Å²) in [5.74, 6) is 0.941. The second kappa shape index (κ2) is 3.73. The molecule has 0 aromatic rings. The van der Waals surface area contributed by atoms with E-state index < -0.39 is 0 Å². The number of esters is 1. The molecule has 0 radical (unpaired) electrons. The van der Waals surface area contributed by atoms with E-state index in [1.54, 1.807) is 0 Å². The van der Waals surface area contributed by atoms with Crippen LogP contribution < -0.4 is 0 Å². The smallest absolute Gasteiger partial charge is 0.302 e. The first kappa shape index (κ1) is 11.9. The first-order valence-electron chi connectivity index (χ1n) is 6.15. The Labute approximate surface area is 97.5 Å². The molecular weight excluding hydrogens is 204 g/mol. The van der Waals surface area contributed by atoms with Crippen molar-refractivity contribution >= 4 is 5.97 Å². The zero-order chi connectivity index (χ0) is 12.0. The molecule has 2 atom stereocenters. The Morgan fingerprint density at radius 2 is 1.94 bits per heavy atom. The van der Waals surface area contributed by atoms with Gasteiger partial charge < -0.3 is 9.47 Å². The van der Waals surface area contributed by atoms with Gasteiger partial charge in [-0.2, -0.15) is 0 Å². The van der Waals surface area contributed by atoms with Gasteiger partial charge in [-0.25, -0.2) is 0 Å². The van der Waals surface area contributed by atoms with Crippen LogP contribution >= 0.6 is 0 Å². The van der Waals surface area contributed by atoms with Gasteiger partial charge in [-0.3, -0.25) is 4.79 Å². The van der Waals surface area contributed by atoms with Gasteiger partial charge in [0.25, 0.3) is 0 Å². The van der Waals surface area contributed by atoms with Crippen LogP contribution in [-0.2, 0) is 14.3 Å². The van der Waals surface area contributed by atoms with Crippen molar-refractivity contribution < 1.29 is 14.3 Å². The molecule has 2 heterocycles. The molecule has 3 aliphatic rings. The molecule has 1 aliphatic carbocycles. The van der Waals surface area contributed by atoms with Gasteiger partial charge in [-0.1, -0.05) is 13.8 Å². The molecule has 3 fully saturated rings. The SMILES string of the molecule is CC(=O)OCC12COC(C)(C[C@@H]1C)C[C@@H]2C. The van der Waals surface area contributed by atoms with E-state index in [1.165, 1.54) is 6.92 Å². The lowest BCUT2D eigenvalue weighted by molar-refractivity contribution is -0.239. The first-order valence-corrected chi connectivity index (χ1v) is 6.15. The fourth-order valence-corrected chi connectivity index (χ4v) is 3.54. The Morgan fingerprint density at radius 1 is 1.38 bits per heavy atom. The van der Waals surface area contributed by atoms with Gasteiger partial charge in [0, 0.05) is 12.3 Å². The lowest BCUT2D eigenvalue weighted by atomic mass is 9.56. The molecule has 0 N–H and O–H groups in total. The number of carbonyl (C=O) groups is 1. The predicted octanol–water partition coefficient (Wildman–Crippen LogP) is 2.39. The molecule has 2 bridgehead atoms. The number of hydrogen-bond acceptors (Lipinski definition) is 3. The number of rotatable bonds is 2. The van der Waals surface area contributed by atoms with Gasteiger partial charge >= 0.3 is 5.97 Å². The van der Waals surface area contributed by atoms with Crippen molar-refractivity contribution in [3.63, 3.8) is 0 Å². The van der Waals surface area contributed by atoms with Gasteiger partial charge in [0.05, 0.1) is 18.8 Å². The van der Waals surface area contributed by atoms with E-state index in [-0.39, 0.29) is 17.0 Å². The maximum absolute atomic E-state index is 11.0. The molecule has 0 unspecified atom stereocenters. The lowest BCUT2D eigenvalue weighted by Crippen LogP contribution is -2.60. The van der Waals surface area contributed by atoms with Crippen LogP contribution in [0.15, 0.2) is 0 Å². The number of hydrogen-bond donors (Lipinski definition) is 0. The zero-order valence-electron chi connectivity index (χ0n) is 10.7. The summed E-state index contributed by atoms with van der Waals surface area (Å²) in [6.07, 6.45) is 2.16. The quantitative estimate of drug-likeness (QED) is 0.678. The molecule has 0 aromatic heterocycles. The minimum Gasteiger partial charge on any atom is -0.465 e. The van der Waals surface area contributed by atoms with Crippen LogP contribution in [0.3, 0.4) is 0 Å². The lowest BCUT2D eigenvalue weighted by Gasteiger charge is -2.58. The maximum Gasteiger partial charge on any atom is 0.302 e. The van der Waals surface area contributed by atoms with Crippen molar-refractivity contribution in [1.29, 1.82) is 0 Å². The number of carbonyl (C=O) groups excluding carboxylic acids is 1. The van der Waals surface area contributed by atoms with Crippen molar-refractivity contribution in [2.75, 3.05) is 13.2 Å². The van der Waals surface area contributed by atoms with Crippen LogP contribution in [0, 0.1) is 17.3 Å². The molecule has 0 spiro atoms. The van der Waals surface area contributed by atoms with Gasteiger partial charge in [-0.15, -0.1) is 0 Å². The van der Waals surface area contributed by atoms with Crippen LogP contribution in [0.1, 0.15) is 40.5 Å². The molecule has 2 saturated heterocycles. The Kier molecular flexibility index (Phi) is 2.77. The molecule has 3 rings (SSSR count). The summed E-state index contributed by atoms with van der Waals surface area (Å²) in [4.78, 5) is 11.0. The van der Waals surface area contributed by atoms with Gasteiger partial charge in [-0.05, 0) is 31.6 Å². The van der Waals surface area contributed by atoms with Crippen LogP contribution in [0.4, 0.5) is 0 Å². The summed E-state index contributed by atoms with van der Waals surface area (Å²) in [5, 5.41) is 0. The van der Waals surface area contributed by atoms with E-state index in [4.69, 9.17) is 9.47 Å². The van der Waals surface area contributed by atoms with Gasteiger partial charge in [0.15, 0.2) is 0 Å². The number of ether oxygens (including phenoxy) is 2. The minimum absolute atomic E-state index is 0.0451. The van der Waals surface area contributed by atoms with Gasteiger partial charge in [0.2, 0.25) is 0 Å². The predicted molar refractivity (Wildman–Crippen MR) is 61.0 cm³/mol. The average Bonchev–Trinajstić information content (AvgIpc) is 2.15. The van der Waals surface area contributed by atoms with E-state index in [9.17, 15) is 4.79 Å². The fourth-order valence-electron chi connectivity index (χ4n) is 3.54. The second-order valence-electron chi connectivity index (χ2n) is 5.96. The molecule has 3 nitrogen and oxygen atoms in total. The highest BCUT2D eigenvalue weighted by atomic mass is 16.5. The third-order valence-corrected chi connectivity index (χ3v) is 4.67. The summed E-state index contributed by atoms with van der Waals surface area (Å²) < 4.78 is 11.2. The summed E-state index contributed by atoms with van der Waals surface area (Å²) in [5.41, 5.74) is 0.0975. The Balaban J connectivity index is 2.15. The fraction of sp³-hybridized carbons (Fsp3) is 0.923. The number of fused-ring (bicyclic) bond motifs is 3. The normalized spacial score (nSPS) is 46.8. The summed E-state index contributed by atoms with van der Waals surface area (Å²) >= 11 is 0. The first-order chi connectivity index (χ1) is 7.38. The molecule has 3 heteroatoms. The second-order valence-corrected chi connectivity index (χ2v) is 5.96. The molecular formula is C13H22O3. The summed E-state index contributed by atoms with van der Waals surface area (Å²) in [6.45, 7) is 9.46. The highest BCUT2D eigenvalue weighted by Crippen LogP contribution is 2.55. The van der Waals surface area contributed by atoms with Crippen LogP contribution in [-0.4, -0.2) is 24.8 Å². The van der Waals surface area contributed by atoms with E-state index >= 15 is 0 Å². The van der Waals surface area contributed by atoms with Crippen LogP contribution in [0.2, 0.25) is 0 Å². The maximum atomic E-state index is 11.0. The third-order valence-electron chi connectivity index (χ3n) is 4.67. The van der Waals surface area contributed by atoms with E-state index in [0.717, 1.165) is 19.4 Å². The van der Waals surface area contributed by atoms with Crippen molar-refractivity contribution in [1.82, 2.24) is 0 Å². The Bertz CT molecular complexity index is 286. The van der Waals surface area contributed by atoms with Crippen molar-refractivity contribution in [3.05, 3.63) is 0 Å². The van der Waals surface area contributed by atoms with Crippen molar-refractivity contribution in [2.45, 2.75) is 46.1 Å². The highest BCUT2D eigenvalue weighted by molar-refractivity contribution is 5.65. The Hall–Kier alpha value is -0.570. The zero-order valence-corrected chi connectivity index (χ0v) is 10.7. The largest absolute Gasteiger partial charge is 0.465 e. The van der Waals surface area contributed by atoms with Crippen molar-refractivity contribution in [2.24, 2.45) is 17.3 Å². The third kappa shape index (κ3) is 1.75. The van der Waals surface area contributed by atoms with E-state index in [2.05, 4.69) is 20.8 Å². The van der Waals surface area contributed by atoms with E-state index in [0.29, 0.717) is 18.4 Å². The van der Waals surface area contributed by atoms with Gasteiger partial charge in [0.1, 0.15) is 0 Å². The standard InChI is InChI=1S/C13H22O3/c1-9-5-12(4)6-10(2)13(9,8-16-12)7-15-11(3)14/h9-10H,5-8H2,1-4H3/t9-,10-,12?,13?/m0/s1. The average molecular weight is 226 g/mol. The van der Waals surface area contributed by atoms with E-state index in [1.807, 2.05) is 0 Å². The van der Waals surface area contributed by atoms with Crippen LogP contribution in [0.25, 0.3) is 0 Å². The van der Waals surface area contributed by atoms with Crippen LogP contribution in [0.5, 0.6) is 0 Å². The topological polar surface area (TPSA) is 35.5 Å². The van der Waals surface area contributed by atoms with Crippen molar-refractivity contribution in [3.8, 4) is 0 Å².